The number of aromatic nitrogens is 1. The molecule has 0 spiro atoms. The van der Waals surface area contributed by atoms with Crippen LogP contribution in [0.1, 0.15) is 28.9 Å². The molecule has 0 aliphatic heterocycles. The highest BCUT2D eigenvalue weighted by Crippen LogP contribution is 2.30. The molecule has 23 heavy (non-hydrogen) atoms. The summed E-state index contributed by atoms with van der Waals surface area (Å²) in [5.74, 6) is -0.431. The lowest BCUT2D eigenvalue weighted by Gasteiger charge is -2.26. The Kier molecular flexibility index (Phi) is 5.59. The van der Waals surface area contributed by atoms with Gasteiger partial charge >= 0.3 is 0 Å². The van der Waals surface area contributed by atoms with Crippen LogP contribution >= 0.6 is 27.5 Å². The van der Waals surface area contributed by atoms with Crippen LogP contribution in [-0.4, -0.2) is 29.9 Å². The van der Waals surface area contributed by atoms with Crippen molar-refractivity contribution in [1.82, 2.24) is 9.88 Å². The molecule has 0 saturated carbocycles. The van der Waals surface area contributed by atoms with Gasteiger partial charge in [-0.15, -0.1) is 0 Å². The Morgan fingerprint density at radius 1 is 1.43 bits per heavy atom. The second-order valence-corrected chi connectivity index (χ2v) is 6.26. The standard InChI is InChI=1S/C16H15BrClFN2O2/c1-9(12-5-4-11(19)7-14(12)17)21(2)16(22)13-6-10(18)8-20-15(13)23-3/h4-9H,1-3H3. The van der Waals surface area contributed by atoms with Crippen LogP contribution in [0.25, 0.3) is 0 Å². The lowest BCUT2D eigenvalue weighted by molar-refractivity contribution is 0.0738. The molecule has 0 N–H and O–H groups in total. The highest BCUT2D eigenvalue weighted by molar-refractivity contribution is 9.10. The zero-order chi connectivity index (χ0) is 17.1. The van der Waals surface area contributed by atoms with E-state index in [1.54, 1.807) is 13.1 Å². The largest absolute Gasteiger partial charge is 0.480 e. The summed E-state index contributed by atoms with van der Waals surface area (Å²) in [7, 11) is 3.09. The van der Waals surface area contributed by atoms with Gasteiger partial charge in [0.1, 0.15) is 11.4 Å². The quantitative estimate of drug-likeness (QED) is 0.759. The molecule has 0 aliphatic carbocycles. The molecule has 2 rings (SSSR count). The van der Waals surface area contributed by atoms with Gasteiger partial charge in [-0.1, -0.05) is 33.6 Å². The summed E-state index contributed by atoms with van der Waals surface area (Å²) in [6.45, 7) is 1.85. The Hall–Kier alpha value is -1.66. The minimum absolute atomic E-state index is 0.205. The van der Waals surface area contributed by atoms with E-state index in [-0.39, 0.29) is 29.2 Å². The summed E-state index contributed by atoms with van der Waals surface area (Å²) in [4.78, 5) is 18.3. The third kappa shape index (κ3) is 3.82. The second-order valence-electron chi connectivity index (χ2n) is 4.97. The summed E-state index contributed by atoms with van der Waals surface area (Å²) in [6.07, 6.45) is 1.41. The first-order valence-corrected chi connectivity index (χ1v) is 7.94. The average Bonchev–Trinajstić information content (AvgIpc) is 2.52. The number of carbonyl (C=O) groups is 1. The van der Waals surface area contributed by atoms with Crippen molar-refractivity contribution < 1.29 is 13.9 Å². The number of benzene rings is 1. The summed E-state index contributed by atoms with van der Waals surface area (Å²) in [5.41, 5.74) is 1.06. The van der Waals surface area contributed by atoms with E-state index in [1.807, 2.05) is 6.92 Å². The maximum absolute atomic E-state index is 13.2. The monoisotopic (exact) mass is 400 g/mol. The molecule has 2 aromatic rings. The van der Waals surface area contributed by atoms with E-state index in [2.05, 4.69) is 20.9 Å². The van der Waals surface area contributed by atoms with Crippen LogP contribution in [0, 0.1) is 5.82 Å². The third-order valence-corrected chi connectivity index (χ3v) is 4.45. The SMILES string of the molecule is COc1ncc(Cl)cc1C(=O)N(C)C(C)c1ccc(F)cc1Br. The molecule has 1 aromatic heterocycles. The average molecular weight is 402 g/mol. The number of nitrogens with zero attached hydrogens (tertiary/aromatic N) is 2. The van der Waals surface area contributed by atoms with Gasteiger partial charge in [0.25, 0.3) is 5.91 Å². The fourth-order valence-corrected chi connectivity index (χ4v) is 3.00. The first-order valence-electron chi connectivity index (χ1n) is 6.76. The maximum Gasteiger partial charge on any atom is 0.259 e. The number of hydrogen-bond acceptors (Lipinski definition) is 3. The summed E-state index contributed by atoms with van der Waals surface area (Å²) in [6, 6.07) is 5.59. The number of halogens is 3. The van der Waals surface area contributed by atoms with Crippen molar-refractivity contribution in [3.05, 3.63) is 56.9 Å². The molecule has 1 heterocycles. The lowest BCUT2D eigenvalue weighted by Crippen LogP contribution is -2.30. The minimum atomic E-state index is -0.345. The van der Waals surface area contributed by atoms with Crippen molar-refractivity contribution in [3.8, 4) is 5.88 Å². The van der Waals surface area contributed by atoms with Gasteiger partial charge in [0.2, 0.25) is 5.88 Å². The van der Waals surface area contributed by atoms with Crippen molar-refractivity contribution in [2.45, 2.75) is 13.0 Å². The highest BCUT2D eigenvalue weighted by Gasteiger charge is 2.24. The fourth-order valence-electron chi connectivity index (χ4n) is 2.16. The van der Waals surface area contributed by atoms with Crippen LogP contribution in [0.3, 0.4) is 0 Å². The molecule has 1 aromatic carbocycles. The van der Waals surface area contributed by atoms with Crippen LogP contribution in [0.4, 0.5) is 4.39 Å². The Morgan fingerprint density at radius 2 is 2.13 bits per heavy atom. The molecule has 0 aliphatic rings. The first kappa shape index (κ1) is 17.7. The Balaban J connectivity index is 2.34. The Labute approximate surface area is 147 Å². The van der Waals surface area contributed by atoms with Gasteiger partial charge in [0.15, 0.2) is 0 Å². The number of hydrogen-bond donors (Lipinski definition) is 0. The molecule has 122 valence electrons. The molecule has 1 amide bonds. The molecular formula is C16H15BrClFN2O2. The summed E-state index contributed by atoms with van der Waals surface area (Å²) in [5, 5.41) is 0.346. The summed E-state index contributed by atoms with van der Waals surface area (Å²) < 4.78 is 18.9. The van der Waals surface area contributed by atoms with Crippen LogP contribution < -0.4 is 4.74 Å². The van der Waals surface area contributed by atoms with Gasteiger partial charge in [-0.25, -0.2) is 9.37 Å². The molecule has 0 fully saturated rings. The molecular weight excluding hydrogens is 387 g/mol. The molecule has 1 atom stereocenters. The minimum Gasteiger partial charge on any atom is -0.480 e. The second kappa shape index (κ2) is 7.27. The highest BCUT2D eigenvalue weighted by atomic mass is 79.9. The van der Waals surface area contributed by atoms with E-state index in [1.165, 1.54) is 36.4 Å². The van der Waals surface area contributed by atoms with Gasteiger partial charge in [0.05, 0.1) is 18.2 Å². The Morgan fingerprint density at radius 3 is 2.74 bits per heavy atom. The predicted octanol–water partition coefficient (Wildman–Crippen LogP) is 4.48. The van der Waals surface area contributed by atoms with Crippen LogP contribution in [0.5, 0.6) is 5.88 Å². The van der Waals surface area contributed by atoms with E-state index in [0.717, 1.165) is 5.56 Å². The molecule has 1 unspecified atom stereocenters. The molecule has 0 bridgehead atoms. The van der Waals surface area contributed by atoms with Gasteiger partial charge in [-0.3, -0.25) is 4.79 Å². The fraction of sp³-hybridized carbons (Fsp3) is 0.250. The van der Waals surface area contributed by atoms with Crippen LogP contribution in [-0.2, 0) is 0 Å². The Bertz CT molecular complexity index is 742. The maximum atomic E-state index is 13.2. The van der Waals surface area contributed by atoms with Gasteiger partial charge in [-0.2, -0.15) is 0 Å². The third-order valence-electron chi connectivity index (χ3n) is 3.56. The number of rotatable bonds is 4. The van der Waals surface area contributed by atoms with E-state index < -0.39 is 0 Å². The summed E-state index contributed by atoms with van der Waals surface area (Å²) >= 11 is 9.25. The lowest BCUT2D eigenvalue weighted by atomic mass is 10.1. The van der Waals surface area contributed by atoms with E-state index >= 15 is 0 Å². The van der Waals surface area contributed by atoms with Crippen LogP contribution in [0.15, 0.2) is 34.9 Å². The van der Waals surface area contributed by atoms with Crippen molar-refractivity contribution in [1.29, 1.82) is 0 Å². The molecule has 0 saturated heterocycles. The number of carbonyl (C=O) groups excluding carboxylic acids is 1. The zero-order valence-electron chi connectivity index (χ0n) is 12.8. The number of ether oxygens (including phenoxy) is 1. The molecule has 0 radical (unpaired) electrons. The number of amides is 1. The first-order chi connectivity index (χ1) is 10.8. The van der Waals surface area contributed by atoms with Gasteiger partial charge < -0.3 is 9.64 Å². The number of pyridine rings is 1. The van der Waals surface area contributed by atoms with E-state index in [9.17, 15) is 9.18 Å². The van der Waals surface area contributed by atoms with E-state index in [4.69, 9.17) is 16.3 Å². The topological polar surface area (TPSA) is 42.4 Å². The van der Waals surface area contributed by atoms with Crippen molar-refractivity contribution >= 4 is 33.4 Å². The smallest absolute Gasteiger partial charge is 0.259 e. The van der Waals surface area contributed by atoms with Crippen molar-refractivity contribution in [2.75, 3.05) is 14.2 Å². The normalized spacial score (nSPS) is 11.9. The number of methoxy groups -OCH3 is 1. The van der Waals surface area contributed by atoms with Crippen molar-refractivity contribution in [3.63, 3.8) is 0 Å². The van der Waals surface area contributed by atoms with Gasteiger partial charge in [-0.05, 0) is 30.7 Å². The van der Waals surface area contributed by atoms with Crippen molar-refractivity contribution in [2.24, 2.45) is 0 Å². The van der Waals surface area contributed by atoms with Gasteiger partial charge in [0, 0.05) is 17.7 Å². The van der Waals surface area contributed by atoms with E-state index in [0.29, 0.717) is 9.50 Å². The predicted molar refractivity (Wildman–Crippen MR) is 90.4 cm³/mol. The molecule has 7 heteroatoms. The zero-order valence-corrected chi connectivity index (χ0v) is 15.2. The van der Waals surface area contributed by atoms with Crippen LogP contribution in [0.2, 0.25) is 5.02 Å². The molecule has 4 nitrogen and oxygen atoms in total.